The van der Waals surface area contributed by atoms with E-state index in [9.17, 15) is 0 Å². The second-order valence-corrected chi connectivity index (χ2v) is 4.98. The van der Waals surface area contributed by atoms with Gasteiger partial charge >= 0.3 is 0 Å². The van der Waals surface area contributed by atoms with E-state index in [2.05, 4.69) is 13.8 Å². The Morgan fingerprint density at radius 2 is 1.60 bits per heavy atom. The Labute approximate surface area is 95.6 Å². The molecule has 0 aromatic rings. The van der Waals surface area contributed by atoms with Gasteiger partial charge < -0.3 is 4.74 Å². The van der Waals surface area contributed by atoms with Gasteiger partial charge in [0.1, 0.15) is 0 Å². The third-order valence-electron chi connectivity index (χ3n) is 3.70. The normalized spacial score (nSPS) is 19.8. The van der Waals surface area contributed by atoms with Crippen molar-refractivity contribution in [3.05, 3.63) is 0 Å². The molecule has 0 saturated carbocycles. The van der Waals surface area contributed by atoms with Crippen LogP contribution in [0.4, 0.5) is 0 Å². The molecule has 1 fully saturated rings. The fourth-order valence-corrected chi connectivity index (χ4v) is 2.27. The second-order valence-electron chi connectivity index (χ2n) is 4.98. The average Bonchev–Trinajstić information content (AvgIpc) is 3.06. The highest BCUT2D eigenvalue weighted by atomic mass is 16.6. The van der Waals surface area contributed by atoms with Crippen LogP contribution in [0.5, 0.6) is 0 Å². The number of epoxide rings is 1. The summed E-state index contributed by atoms with van der Waals surface area (Å²) in [6, 6.07) is 0. The molecule has 0 aliphatic carbocycles. The molecule has 0 spiro atoms. The Morgan fingerprint density at radius 1 is 1.00 bits per heavy atom. The van der Waals surface area contributed by atoms with Crippen LogP contribution in [0.1, 0.15) is 71.6 Å². The lowest BCUT2D eigenvalue weighted by Crippen LogP contribution is -1.96. The van der Waals surface area contributed by atoms with Crippen LogP contribution in [0.25, 0.3) is 0 Å². The highest BCUT2D eigenvalue weighted by molar-refractivity contribution is 4.68. The first kappa shape index (κ1) is 13.0. The van der Waals surface area contributed by atoms with Crippen LogP contribution < -0.4 is 0 Å². The van der Waals surface area contributed by atoms with E-state index in [-0.39, 0.29) is 0 Å². The molecular weight excluding hydrogens is 184 g/mol. The Hall–Kier alpha value is -0.0400. The maximum atomic E-state index is 5.20. The number of hydrogen-bond acceptors (Lipinski definition) is 1. The summed E-state index contributed by atoms with van der Waals surface area (Å²) in [5, 5.41) is 0. The molecule has 0 aromatic heterocycles. The summed E-state index contributed by atoms with van der Waals surface area (Å²) in [6.45, 7) is 5.68. The third kappa shape index (κ3) is 6.94. The Morgan fingerprint density at radius 3 is 2.20 bits per heavy atom. The topological polar surface area (TPSA) is 12.5 Å². The molecule has 1 rings (SSSR count). The van der Waals surface area contributed by atoms with E-state index in [4.69, 9.17) is 4.74 Å². The zero-order chi connectivity index (χ0) is 10.9. The van der Waals surface area contributed by atoms with Crippen molar-refractivity contribution >= 4 is 0 Å². The average molecular weight is 212 g/mol. The van der Waals surface area contributed by atoms with Gasteiger partial charge in [0.05, 0.1) is 12.7 Å². The lowest BCUT2D eigenvalue weighted by molar-refractivity contribution is 0.385. The molecule has 1 aliphatic rings. The van der Waals surface area contributed by atoms with Crippen LogP contribution in [0, 0.1) is 5.92 Å². The molecular formula is C14H28O. The first-order valence-electron chi connectivity index (χ1n) is 6.98. The van der Waals surface area contributed by atoms with Gasteiger partial charge in [-0.25, -0.2) is 0 Å². The van der Waals surface area contributed by atoms with Gasteiger partial charge in [0.2, 0.25) is 0 Å². The van der Waals surface area contributed by atoms with Crippen LogP contribution in [-0.4, -0.2) is 12.7 Å². The van der Waals surface area contributed by atoms with Crippen LogP contribution in [-0.2, 0) is 4.74 Å². The summed E-state index contributed by atoms with van der Waals surface area (Å²) in [6.07, 6.45) is 13.3. The van der Waals surface area contributed by atoms with E-state index < -0.39 is 0 Å². The molecule has 1 atom stereocenters. The SMILES string of the molecule is CCC(CC)CCCCCCCC1CO1. The monoisotopic (exact) mass is 212 g/mol. The van der Waals surface area contributed by atoms with Gasteiger partial charge in [-0.15, -0.1) is 0 Å². The Bertz CT molecular complexity index is 136. The highest BCUT2D eigenvalue weighted by Gasteiger charge is 2.20. The summed E-state index contributed by atoms with van der Waals surface area (Å²) in [5.41, 5.74) is 0. The fourth-order valence-electron chi connectivity index (χ4n) is 2.27. The fraction of sp³-hybridized carbons (Fsp3) is 1.00. The molecule has 1 nitrogen and oxygen atoms in total. The first-order valence-corrected chi connectivity index (χ1v) is 6.98. The smallest absolute Gasteiger partial charge is 0.0810 e. The van der Waals surface area contributed by atoms with E-state index in [1.165, 1.54) is 57.8 Å². The summed E-state index contributed by atoms with van der Waals surface area (Å²) >= 11 is 0. The summed E-state index contributed by atoms with van der Waals surface area (Å²) in [4.78, 5) is 0. The van der Waals surface area contributed by atoms with Crippen molar-refractivity contribution in [3.8, 4) is 0 Å². The van der Waals surface area contributed by atoms with Crippen molar-refractivity contribution in [2.24, 2.45) is 5.92 Å². The van der Waals surface area contributed by atoms with Gasteiger partial charge in [-0.2, -0.15) is 0 Å². The van der Waals surface area contributed by atoms with Gasteiger partial charge in [0, 0.05) is 0 Å². The minimum absolute atomic E-state index is 0.648. The predicted octanol–water partition coefficient (Wildman–Crippen LogP) is 4.55. The molecule has 90 valence electrons. The zero-order valence-electron chi connectivity index (χ0n) is 10.6. The van der Waals surface area contributed by atoms with Crippen LogP contribution >= 0.6 is 0 Å². The first-order chi connectivity index (χ1) is 7.36. The Balaban J connectivity index is 1.75. The molecule has 15 heavy (non-hydrogen) atoms. The van der Waals surface area contributed by atoms with E-state index in [1.54, 1.807) is 0 Å². The van der Waals surface area contributed by atoms with Gasteiger partial charge in [-0.05, 0) is 12.3 Å². The molecule has 1 aliphatic heterocycles. The molecule has 1 heterocycles. The van der Waals surface area contributed by atoms with Crippen molar-refractivity contribution in [1.82, 2.24) is 0 Å². The maximum absolute atomic E-state index is 5.20. The van der Waals surface area contributed by atoms with Crippen molar-refractivity contribution in [2.75, 3.05) is 6.61 Å². The van der Waals surface area contributed by atoms with E-state index >= 15 is 0 Å². The molecule has 1 saturated heterocycles. The molecule has 0 radical (unpaired) electrons. The molecule has 0 amide bonds. The predicted molar refractivity (Wildman–Crippen MR) is 66.1 cm³/mol. The third-order valence-corrected chi connectivity index (χ3v) is 3.70. The van der Waals surface area contributed by atoms with Crippen LogP contribution in [0.15, 0.2) is 0 Å². The van der Waals surface area contributed by atoms with Gasteiger partial charge in [-0.3, -0.25) is 0 Å². The molecule has 0 N–H and O–H groups in total. The summed E-state index contributed by atoms with van der Waals surface area (Å²) in [5.74, 6) is 0.991. The largest absolute Gasteiger partial charge is 0.373 e. The van der Waals surface area contributed by atoms with Gasteiger partial charge in [0.25, 0.3) is 0 Å². The number of rotatable bonds is 10. The number of hydrogen-bond donors (Lipinski definition) is 0. The standard InChI is InChI=1S/C14H28O/c1-3-13(4-2)10-8-6-5-7-9-11-14-12-15-14/h13-14H,3-12H2,1-2H3. The van der Waals surface area contributed by atoms with Crippen molar-refractivity contribution in [3.63, 3.8) is 0 Å². The molecule has 0 aromatic carbocycles. The van der Waals surface area contributed by atoms with Crippen molar-refractivity contribution in [1.29, 1.82) is 0 Å². The lowest BCUT2D eigenvalue weighted by atomic mass is 9.95. The zero-order valence-corrected chi connectivity index (χ0v) is 10.6. The minimum atomic E-state index is 0.648. The summed E-state index contributed by atoms with van der Waals surface area (Å²) in [7, 11) is 0. The summed E-state index contributed by atoms with van der Waals surface area (Å²) < 4.78 is 5.20. The quantitative estimate of drug-likeness (QED) is 0.382. The van der Waals surface area contributed by atoms with Gasteiger partial charge in [0.15, 0.2) is 0 Å². The van der Waals surface area contributed by atoms with Gasteiger partial charge in [-0.1, -0.05) is 65.2 Å². The van der Waals surface area contributed by atoms with Crippen molar-refractivity contribution < 1.29 is 4.74 Å². The second kappa shape index (κ2) is 8.15. The van der Waals surface area contributed by atoms with Crippen molar-refractivity contribution in [2.45, 2.75) is 77.7 Å². The Kier molecular flexibility index (Phi) is 7.08. The van der Waals surface area contributed by atoms with Crippen LogP contribution in [0.3, 0.4) is 0 Å². The highest BCUT2D eigenvalue weighted by Crippen LogP contribution is 2.20. The maximum Gasteiger partial charge on any atom is 0.0810 e. The molecule has 1 unspecified atom stereocenters. The van der Waals surface area contributed by atoms with E-state index in [1.807, 2.05) is 0 Å². The van der Waals surface area contributed by atoms with E-state index in [0.29, 0.717) is 6.10 Å². The van der Waals surface area contributed by atoms with E-state index in [0.717, 1.165) is 12.5 Å². The lowest BCUT2D eigenvalue weighted by Gasteiger charge is -2.11. The molecule has 1 heteroatoms. The minimum Gasteiger partial charge on any atom is -0.373 e. The number of ether oxygens (including phenoxy) is 1. The molecule has 0 bridgehead atoms. The number of unbranched alkanes of at least 4 members (excludes halogenated alkanes) is 4. The van der Waals surface area contributed by atoms with Crippen LogP contribution in [0.2, 0.25) is 0 Å².